The number of rotatable bonds is 5. The number of hydrogen-bond acceptors (Lipinski definition) is 6. The molecule has 7 nitrogen and oxygen atoms in total. The number of carbonyl (C=O) groups is 1. The number of aliphatic carboxylic acids is 1. The van der Waals surface area contributed by atoms with E-state index in [-0.39, 0.29) is 5.92 Å². The normalized spacial score (nSPS) is 17.8. The van der Waals surface area contributed by atoms with E-state index in [0.29, 0.717) is 31.8 Å². The molecule has 0 aliphatic carbocycles. The molecule has 0 bridgehead atoms. The van der Waals surface area contributed by atoms with E-state index in [4.69, 9.17) is 0 Å². The molecule has 1 aromatic carbocycles. The van der Waals surface area contributed by atoms with Crippen LogP contribution in [0.3, 0.4) is 0 Å². The Balaban J connectivity index is 1.44. The number of nitrogens with zero attached hydrogens (tertiary/aromatic N) is 4. The summed E-state index contributed by atoms with van der Waals surface area (Å²) in [4.78, 5) is 24.8. The van der Waals surface area contributed by atoms with Crippen molar-refractivity contribution in [2.45, 2.75) is 32.6 Å². The second-order valence-corrected chi connectivity index (χ2v) is 7.62. The van der Waals surface area contributed by atoms with E-state index >= 15 is 0 Å². The summed E-state index contributed by atoms with van der Waals surface area (Å²) in [5.74, 6) is 1.38. The molecule has 0 spiro atoms. The lowest BCUT2D eigenvalue weighted by Gasteiger charge is -2.31. The number of benzene rings is 1. The maximum absolute atomic E-state index is 11.2. The van der Waals surface area contributed by atoms with Gasteiger partial charge in [-0.05, 0) is 56.9 Å². The van der Waals surface area contributed by atoms with Crippen LogP contribution >= 0.6 is 0 Å². The first-order chi connectivity index (χ1) is 13.6. The van der Waals surface area contributed by atoms with Gasteiger partial charge >= 0.3 is 5.97 Å². The van der Waals surface area contributed by atoms with Crippen molar-refractivity contribution >= 4 is 29.0 Å². The molecule has 0 saturated carbocycles. The van der Waals surface area contributed by atoms with Crippen molar-refractivity contribution < 1.29 is 9.90 Å². The molecule has 2 aliphatic heterocycles. The van der Waals surface area contributed by atoms with Gasteiger partial charge in [-0.2, -0.15) is 0 Å². The molecular formula is C21H27N5O2. The Bertz CT molecular complexity index is 825. The van der Waals surface area contributed by atoms with E-state index in [1.54, 1.807) is 0 Å². The molecule has 0 atom stereocenters. The van der Waals surface area contributed by atoms with Crippen molar-refractivity contribution in [2.24, 2.45) is 5.92 Å². The Morgan fingerprint density at radius 1 is 1.04 bits per heavy atom. The van der Waals surface area contributed by atoms with Crippen LogP contribution in [0.25, 0.3) is 0 Å². The lowest BCUT2D eigenvalue weighted by atomic mass is 9.97. The lowest BCUT2D eigenvalue weighted by molar-refractivity contribution is -0.142. The van der Waals surface area contributed by atoms with Crippen molar-refractivity contribution in [3.63, 3.8) is 0 Å². The number of nitrogens with one attached hydrogen (secondary N) is 1. The maximum atomic E-state index is 11.2. The van der Waals surface area contributed by atoms with Gasteiger partial charge in [-0.1, -0.05) is 0 Å². The summed E-state index contributed by atoms with van der Waals surface area (Å²) in [6.45, 7) is 5.57. The molecule has 3 heterocycles. The Morgan fingerprint density at radius 3 is 2.36 bits per heavy atom. The van der Waals surface area contributed by atoms with Gasteiger partial charge in [-0.25, -0.2) is 9.97 Å². The SMILES string of the molecule is Cc1nc(Nc2ccc(N3CCCC3)cc2)cc(N2CCC(C(=O)O)CC2)n1. The summed E-state index contributed by atoms with van der Waals surface area (Å²) < 4.78 is 0. The molecule has 148 valence electrons. The standard InChI is InChI=1S/C21H27N5O2/c1-15-22-19(14-20(23-15)26-12-8-16(9-13-26)21(27)28)24-17-4-6-18(7-5-17)25-10-2-3-11-25/h4-7,14,16H,2-3,8-13H2,1H3,(H,27,28)(H,22,23,24). The average molecular weight is 381 g/mol. The first-order valence-corrected chi connectivity index (χ1v) is 10.0. The minimum Gasteiger partial charge on any atom is -0.481 e. The molecule has 2 N–H and O–H groups in total. The van der Waals surface area contributed by atoms with Gasteiger partial charge in [0, 0.05) is 43.6 Å². The predicted molar refractivity (Wildman–Crippen MR) is 111 cm³/mol. The van der Waals surface area contributed by atoms with Crippen molar-refractivity contribution in [3.05, 3.63) is 36.2 Å². The minimum absolute atomic E-state index is 0.245. The van der Waals surface area contributed by atoms with Gasteiger partial charge in [0.2, 0.25) is 0 Å². The van der Waals surface area contributed by atoms with Gasteiger partial charge in [0.1, 0.15) is 17.5 Å². The molecule has 1 aromatic heterocycles. The summed E-state index contributed by atoms with van der Waals surface area (Å²) in [6, 6.07) is 10.4. The van der Waals surface area contributed by atoms with Crippen molar-refractivity contribution in [3.8, 4) is 0 Å². The number of piperidine rings is 1. The molecule has 0 radical (unpaired) electrons. The van der Waals surface area contributed by atoms with Crippen molar-refractivity contribution in [1.82, 2.24) is 9.97 Å². The largest absolute Gasteiger partial charge is 0.481 e. The first-order valence-electron chi connectivity index (χ1n) is 10.0. The van der Waals surface area contributed by atoms with Gasteiger partial charge in [0.05, 0.1) is 5.92 Å². The van der Waals surface area contributed by atoms with Gasteiger partial charge in [-0.15, -0.1) is 0 Å². The molecule has 0 unspecified atom stereocenters. The van der Waals surface area contributed by atoms with Crippen LogP contribution in [-0.2, 0) is 4.79 Å². The molecule has 7 heteroatoms. The molecule has 2 aliphatic rings. The third-order valence-corrected chi connectivity index (χ3v) is 5.60. The number of anilines is 4. The fourth-order valence-corrected chi connectivity index (χ4v) is 4.01. The van der Waals surface area contributed by atoms with Crippen LogP contribution < -0.4 is 15.1 Å². The number of carboxylic acid groups (broad SMARTS) is 1. The zero-order chi connectivity index (χ0) is 19.5. The highest BCUT2D eigenvalue weighted by Gasteiger charge is 2.25. The molecule has 2 fully saturated rings. The first kappa shape index (κ1) is 18.5. The Kier molecular flexibility index (Phi) is 5.32. The highest BCUT2D eigenvalue weighted by atomic mass is 16.4. The van der Waals surface area contributed by atoms with Gasteiger partial charge in [0.15, 0.2) is 0 Å². The fraction of sp³-hybridized carbons (Fsp3) is 0.476. The zero-order valence-electron chi connectivity index (χ0n) is 16.3. The average Bonchev–Trinajstić information content (AvgIpc) is 3.23. The minimum atomic E-state index is -0.696. The third kappa shape index (κ3) is 4.18. The van der Waals surface area contributed by atoms with Crippen LogP contribution in [0.2, 0.25) is 0 Å². The summed E-state index contributed by atoms with van der Waals surface area (Å²) in [5.41, 5.74) is 2.26. The van der Waals surface area contributed by atoms with Crippen LogP contribution in [0, 0.1) is 12.8 Å². The second kappa shape index (κ2) is 8.04. The molecule has 28 heavy (non-hydrogen) atoms. The summed E-state index contributed by atoms with van der Waals surface area (Å²) >= 11 is 0. The number of carboxylic acids is 1. The van der Waals surface area contributed by atoms with Crippen LogP contribution in [0.4, 0.5) is 23.0 Å². The fourth-order valence-electron chi connectivity index (χ4n) is 4.01. The van der Waals surface area contributed by atoms with E-state index in [0.717, 1.165) is 30.4 Å². The van der Waals surface area contributed by atoms with E-state index in [2.05, 4.69) is 49.4 Å². The quantitative estimate of drug-likeness (QED) is 0.821. The number of aromatic nitrogens is 2. The lowest BCUT2D eigenvalue weighted by Crippen LogP contribution is -2.36. The Labute approximate surface area is 165 Å². The Morgan fingerprint density at radius 2 is 1.71 bits per heavy atom. The third-order valence-electron chi connectivity index (χ3n) is 5.60. The smallest absolute Gasteiger partial charge is 0.306 e. The number of aryl methyl sites for hydroxylation is 1. The van der Waals surface area contributed by atoms with Gasteiger partial charge < -0.3 is 20.2 Å². The van der Waals surface area contributed by atoms with Crippen LogP contribution in [0.5, 0.6) is 0 Å². The van der Waals surface area contributed by atoms with E-state index in [1.165, 1.54) is 18.5 Å². The molecule has 2 saturated heterocycles. The van der Waals surface area contributed by atoms with Gasteiger partial charge in [0.25, 0.3) is 0 Å². The van der Waals surface area contributed by atoms with E-state index < -0.39 is 5.97 Å². The Hall–Kier alpha value is -2.83. The molecule has 4 rings (SSSR count). The van der Waals surface area contributed by atoms with Crippen molar-refractivity contribution in [2.75, 3.05) is 41.3 Å². The van der Waals surface area contributed by atoms with Crippen LogP contribution in [-0.4, -0.2) is 47.2 Å². The number of hydrogen-bond donors (Lipinski definition) is 2. The molecule has 0 amide bonds. The highest BCUT2D eigenvalue weighted by Crippen LogP contribution is 2.26. The summed E-state index contributed by atoms with van der Waals surface area (Å²) in [5, 5.41) is 12.6. The van der Waals surface area contributed by atoms with Crippen LogP contribution in [0.15, 0.2) is 30.3 Å². The molecular weight excluding hydrogens is 354 g/mol. The zero-order valence-corrected chi connectivity index (χ0v) is 16.3. The maximum Gasteiger partial charge on any atom is 0.306 e. The highest BCUT2D eigenvalue weighted by molar-refractivity contribution is 5.70. The topological polar surface area (TPSA) is 81.6 Å². The predicted octanol–water partition coefficient (Wildman–Crippen LogP) is 3.43. The van der Waals surface area contributed by atoms with Gasteiger partial charge in [-0.3, -0.25) is 4.79 Å². The van der Waals surface area contributed by atoms with Crippen LogP contribution in [0.1, 0.15) is 31.5 Å². The van der Waals surface area contributed by atoms with Crippen molar-refractivity contribution in [1.29, 1.82) is 0 Å². The summed E-state index contributed by atoms with van der Waals surface area (Å²) in [6.07, 6.45) is 3.84. The van der Waals surface area contributed by atoms with E-state index in [9.17, 15) is 9.90 Å². The molecule has 2 aromatic rings. The second-order valence-electron chi connectivity index (χ2n) is 7.62. The monoisotopic (exact) mass is 381 g/mol. The summed E-state index contributed by atoms with van der Waals surface area (Å²) in [7, 11) is 0. The van der Waals surface area contributed by atoms with E-state index in [1.807, 2.05) is 13.0 Å².